The second-order valence-electron chi connectivity index (χ2n) is 3.75. The van der Waals surface area contributed by atoms with Gasteiger partial charge in [-0.25, -0.2) is 5.43 Å². The average Bonchev–Trinajstić information content (AvgIpc) is 2.83. The van der Waals surface area contributed by atoms with Crippen LogP contribution in [-0.4, -0.2) is 11.6 Å². The minimum Gasteiger partial charge on any atom is -0.267 e. The van der Waals surface area contributed by atoms with Crippen LogP contribution in [0.2, 0.25) is 9.36 Å². The number of benzene rings is 1. The fourth-order valence-electron chi connectivity index (χ4n) is 1.36. The Morgan fingerprint density at radius 2 is 1.84 bits per heavy atom. The summed E-state index contributed by atoms with van der Waals surface area (Å²) in [6, 6.07) is 10.3. The van der Waals surface area contributed by atoms with E-state index in [1.165, 1.54) is 11.3 Å². The van der Waals surface area contributed by atoms with Crippen molar-refractivity contribution in [3.8, 4) is 0 Å². The van der Waals surface area contributed by atoms with Crippen molar-refractivity contribution in [2.24, 2.45) is 5.10 Å². The Morgan fingerprint density at radius 1 is 1.16 bits per heavy atom. The van der Waals surface area contributed by atoms with Gasteiger partial charge in [-0.1, -0.05) is 23.2 Å². The topological polar surface area (TPSA) is 41.5 Å². The first-order chi connectivity index (χ1) is 9.06. The molecule has 0 atom stereocenters. The summed E-state index contributed by atoms with van der Waals surface area (Å²) in [4.78, 5) is 12.7. The van der Waals surface area contributed by atoms with Crippen LogP contribution in [0.4, 0.5) is 0 Å². The molecule has 1 aromatic carbocycles. The van der Waals surface area contributed by atoms with Crippen LogP contribution in [0.15, 0.2) is 41.5 Å². The van der Waals surface area contributed by atoms with E-state index in [0.29, 0.717) is 20.6 Å². The lowest BCUT2D eigenvalue weighted by Crippen LogP contribution is -2.18. The third kappa shape index (κ3) is 3.80. The van der Waals surface area contributed by atoms with Crippen LogP contribution < -0.4 is 5.43 Å². The zero-order chi connectivity index (χ0) is 13.8. The largest absolute Gasteiger partial charge is 0.271 e. The van der Waals surface area contributed by atoms with Crippen molar-refractivity contribution in [1.82, 2.24) is 5.43 Å². The summed E-state index contributed by atoms with van der Waals surface area (Å²) in [6.07, 6.45) is 0. The van der Waals surface area contributed by atoms with Crippen molar-refractivity contribution in [2.75, 3.05) is 0 Å². The van der Waals surface area contributed by atoms with Crippen LogP contribution in [-0.2, 0) is 0 Å². The Labute approximate surface area is 124 Å². The average molecular weight is 313 g/mol. The summed E-state index contributed by atoms with van der Waals surface area (Å²) >= 11 is 13.0. The van der Waals surface area contributed by atoms with Gasteiger partial charge < -0.3 is 0 Å². The van der Waals surface area contributed by atoms with E-state index in [4.69, 9.17) is 23.2 Å². The third-order valence-corrected chi connectivity index (χ3v) is 3.95. The number of nitrogens with zero attached hydrogens (tertiary/aromatic N) is 1. The summed E-state index contributed by atoms with van der Waals surface area (Å²) < 4.78 is 0.688. The van der Waals surface area contributed by atoms with Gasteiger partial charge in [0, 0.05) is 10.6 Å². The van der Waals surface area contributed by atoms with E-state index in [9.17, 15) is 4.79 Å². The van der Waals surface area contributed by atoms with Crippen molar-refractivity contribution in [2.45, 2.75) is 6.92 Å². The van der Waals surface area contributed by atoms with Crippen LogP contribution in [0.3, 0.4) is 0 Å². The maximum absolute atomic E-state index is 11.8. The molecule has 0 aliphatic rings. The molecule has 2 aromatic rings. The summed E-state index contributed by atoms with van der Waals surface area (Å²) in [5, 5.41) is 4.63. The Bertz CT molecular complexity index is 620. The standard InChI is InChI=1S/C13H10Cl2N2OS/c1-8(11-6-7-12(15)19-11)16-17-13(18)9-2-4-10(14)5-3-9/h2-7H,1H3,(H,17,18). The number of carbonyl (C=O) groups excluding carboxylic acids is 1. The van der Waals surface area contributed by atoms with Crippen LogP contribution in [0, 0.1) is 0 Å². The number of amides is 1. The van der Waals surface area contributed by atoms with Gasteiger partial charge in [0.25, 0.3) is 5.91 Å². The van der Waals surface area contributed by atoms with Gasteiger partial charge in [0.2, 0.25) is 0 Å². The highest BCUT2D eigenvalue weighted by Gasteiger charge is 2.05. The fraction of sp³-hybridized carbons (Fsp3) is 0.0769. The number of thiophene rings is 1. The van der Waals surface area contributed by atoms with Crippen LogP contribution >= 0.6 is 34.5 Å². The van der Waals surface area contributed by atoms with Crippen molar-refractivity contribution in [3.63, 3.8) is 0 Å². The molecule has 0 spiro atoms. The van der Waals surface area contributed by atoms with Gasteiger partial charge in [-0.05, 0) is 43.3 Å². The molecular weight excluding hydrogens is 303 g/mol. The zero-order valence-corrected chi connectivity index (χ0v) is 12.3. The van der Waals surface area contributed by atoms with E-state index < -0.39 is 0 Å². The zero-order valence-electron chi connectivity index (χ0n) is 9.98. The van der Waals surface area contributed by atoms with E-state index >= 15 is 0 Å². The Hall–Kier alpha value is -1.36. The molecule has 1 amide bonds. The minimum atomic E-state index is -0.279. The van der Waals surface area contributed by atoms with E-state index in [0.717, 1.165) is 4.88 Å². The predicted octanol–water partition coefficient (Wildman–Crippen LogP) is 4.21. The molecule has 98 valence electrons. The Morgan fingerprint density at radius 3 is 2.42 bits per heavy atom. The maximum atomic E-state index is 11.8. The molecule has 1 N–H and O–H groups in total. The van der Waals surface area contributed by atoms with Crippen molar-refractivity contribution in [1.29, 1.82) is 0 Å². The minimum absolute atomic E-state index is 0.279. The highest BCUT2D eigenvalue weighted by Crippen LogP contribution is 2.21. The summed E-state index contributed by atoms with van der Waals surface area (Å²) in [5.41, 5.74) is 3.71. The van der Waals surface area contributed by atoms with E-state index in [1.54, 1.807) is 30.3 Å². The molecule has 0 aliphatic carbocycles. The number of hydrogen-bond donors (Lipinski definition) is 1. The number of hydrazone groups is 1. The molecule has 0 saturated carbocycles. The van der Waals surface area contributed by atoms with Gasteiger partial charge in [0.15, 0.2) is 0 Å². The predicted molar refractivity (Wildman–Crippen MR) is 80.5 cm³/mol. The van der Waals surface area contributed by atoms with Crippen molar-refractivity contribution < 1.29 is 4.79 Å². The molecule has 0 bridgehead atoms. The molecule has 0 aliphatic heterocycles. The highest BCUT2D eigenvalue weighted by atomic mass is 35.5. The molecule has 0 saturated heterocycles. The van der Waals surface area contributed by atoms with E-state index in [1.807, 2.05) is 13.0 Å². The van der Waals surface area contributed by atoms with Crippen LogP contribution in [0.25, 0.3) is 0 Å². The van der Waals surface area contributed by atoms with Crippen LogP contribution in [0.1, 0.15) is 22.2 Å². The van der Waals surface area contributed by atoms with Crippen molar-refractivity contribution >= 4 is 46.2 Å². The second-order valence-corrected chi connectivity index (χ2v) is 5.90. The normalized spacial score (nSPS) is 11.4. The monoisotopic (exact) mass is 312 g/mol. The van der Waals surface area contributed by atoms with Gasteiger partial charge in [0.1, 0.15) is 0 Å². The molecule has 19 heavy (non-hydrogen) atoms. The van der Waals surface area contributed by atoms with Crippen LogP contribution in [0.5, 0.6) is 0 Å². The first-order valence-corrected chi connectivity index (χ1v) is 6.99. The van der Waals surface area contributed by atoms with Gasteiger partial charge in [-0.2, -0.15) is 5.10 Å². The summed E-state index contributed by atoms with van der Waals surface area (Å²) in [7, 11) is 0. The lowest BCUT2D eigenvalue weighted by molar-refractivity contribution is 0.0955. The smallest absolute Gasteiger partial charge is 0.267 e. The van der Waals surface area contributed by atoms with E-state index in [2.05, 4.69) is 10.5 Å². The van der Waals surface area contributed by atoms with Gasteiger partial charge in [-0.15, -0.1) is 11.3 Å². The molecule has 6 heteroatoms. The molecule has 0 fully saturated rings. The summed E-state index contributed by atoms with van der Waals surface area (Å²) in [5.74, 6) is -0.279. The molecular formula is C13H10Cl2N2OS. The number of rotatable bonds is 3. The number of halogens is 2. The van der Waals surface area contributed by atoms with Gasteiger partial charge in [0.05, 0.1) is 14.9 Å². The lowest BCUT2D eigenvalue weighted by Gasteiger charge is -2.01. The van der Waals surface area contributed by atoms with Crippen molar-refractivity contribution in [3.05, 3.63) is 56.2 Å². The number of carbonyl (C=O) groups is 1. The first kappa shape index (κ1) is 14.1. The summed E-state index contributed by atoms with van der Waals surface area (Å²) in [6.45, 7) is 1.81. The molecule has 1 heterocycles. The highest BCUT2D eigenvalue weighted by molar-refractivity contribution is 7.18. The molecule has 2 rings (SSSR count). The Kier molecular flexibility index (Phi) is 4.58. The van der Waals surface area contributed by atoms with E-state index in [-0.39, 0.29) is 5.91 Å². The number of nitrogens with one attached hydrogen (secondary N) is 1. The first-order valence-electron chi connectivity index (χ1n) is 5.42. The lowest BCUT2D eigenvalue weighted by atomic mass is 10.2. The molecule has 3 nitrogen and oxygen atoms in total. The second kappa shape index (κ2) is 6.19. The molecule has 1 aromatic heterocycles. The Balaban J connectivity index is 2.05. The fourth-order valence-corrected chi connectivity index (χ4v) is 2.48. The third-order valence-electron chi connectivity index (χ3n) is 2.36. The van der Waals surface area contributed by atoms with Gasteiger partial charge >= 0.3 is 0 Å². The number of hydrogen-bond acceptors (Lipinski definition) is 3. The molecule has 0 unspecified atom stereocenters. The quantitative estimate of drug-likeness (QED) is 0.669. The van der Waals surface area contributed by atoms with Gasteiger partial charge in [-0.3, -0.25) is 4.79 Å². The SMILES string of the molecule is CC(=NNC(=O)c1ccc(Cl)cc1)c1ccc(Cl)s1. The molecule has 0 radical (unpaired) electrons. The maximum Gasteiger partial charge on any atom is 0.271 e.